The molecule has 6 nitrogen and oxygen atoms in total. The highest BCUT2D eigenvalue weighted by Crippen LogP contribution is 2.32. The molecule has 1 fully saturated rings. The van der Waals surface area contributed by atoms with Crippen molar-refractivity contribution in [3.05, 3.63) is 0 Å². The number of nitrogens with zero attached hydrogens (tertiary/aromatic N) is 1. The molecule has 88 valence electrons. The maximum atomic E-state index is 13.0. The number of carbonyl (C=O) groups excluding carboxylic acids is 1. The van der Waals surface area contributed by atoms with E-state index in [1.54, 1.807) is 0 Å². The van der Waals surface area contributed by atoms with Crippen LogP contribution in [0.25, 0.3) is 0 Å². The molecule has 1 amide bonds. The van der Waals surface area contributed by atoms with Crippen LogP contribution in [-0.2, 0) is 18.9 Å². The summed E-state index contributed by atoms with van der Waals surface area (Å²) in [5.74, 6) is -1.40. The van der Waals surface area contributed by atoms with E-state index in [0.29, 0.717) is 0 Å². The smallest absolute Gasteiger partial charge is 0.378 e. The van der Waals surface area contributed by atoms with Crippen LogP contribution in [0.15, 0.2) is 0 Å². The summed E-state index contributed by atoms with van der Waals surface area (Å²) in [6.07, 6.45) is 0. The van der Waals surface area contributed by atoms with E-state index in [2.05, 4.69) is 9.37 Å². The average molecular weight is 245 g/mol. The van der Waals surface area contributed by atoms with Crippen molar-refractivity contribution in [2.75, 3.05) is 26.3 Å². The Morgan fingerprint density at radius 2 is 2.07 bits per heavy atom. The van der Waals surface area contributed by atoms with Gasteiger partial charge >= 0.3 is 11.2 Å². The van der Waals surface area contributed by atoms with Crippen molar-refractivity contribution in [1.29, 1.82) is 0 Å². The van der Waals surface area contributed by atoms with Gasteiger partial charge in [-0.2, -0.15) is 8.78 Å². The fourth-order valence-corrected chi connectivity index (χ4v) is 1.36. The van der Waals surface area contributed by atoms with Gasteiger partial charge in [-0.15, -0.1) is 4.33 Å². The van der Waals surface area contributed by atoms with E-state index in [-0.39, 0.29) is 26.3 Å². The summed E-state index contributed by atoms with van der Waals surface area (Å²) in [6.45, 7) is 0.664. The lowest BCUT2D eigenvalue weighted by molar-refractivity contribution is -0.433. The van der Waals surface area contributed by atoms with Crippen molar-refractivity contribution in [1.82, 2.24) is 4.90 Å². The van der Waals surface area contributed by atoms with Gasteiger partial charge in [-0.3, -0.25) is 4.79 Å². The molecular formula is C6H9F2NO5S. The average Bonchev–Trinajstić information content (AvgIpc) is 2.26. The highest BCUT2D eigenvalue weighted by atomic mass is 32.2. The lowest BCUT2D eigenvalue weighted by Gasteiger charge is -2.28. The van der Waals surface area contributed by atoms with Crippen molar-refractivity contribution in [3.8, 4) is 0 Å². The zero-order chi connectivity index (χ0) is 11.3. The third kappa shape index (κ3) is 3.54. The zero-order valence-electron chi connectivity index (χ0n) is 7.52. The summed E-state index contributed by atoms with van der Waals surface area (Å²) in [6, 6.07) is 0. The number of carbonyl (C=O) groups is 1. The van der Waals surface area contributed by atoms with E-state index in [4.69, 9.17) is 9.99 Å². The van der Waals surface area contributed by atoms with Crippen LogP contribution in [0.4, 0.5) is 8.78 Å². The Kier molecular flexibility index (Phi) is 4.67. The highest BCUT2D eigenvalue weighted by Gasteiger charge is 2.45. The van der Waals surface area contributed by atoms with Gasteiger partial charge in [0.1, 0.15) is 12.0 Å². The second-order valence-electron chi connectivity index (χ2n) is 2.65. The second kappa shape index (κ2) is 5.56. The van der Waals surface area contributed by atoms with Crippen molar-refractivity contribution in [3.63, 3.8) is 0 Å². The predicted octanol–water partition coefficient (Wildman–Crippen LogP) is 0.507. The maximum Gasteiger partial charge on any atom is 0.397 e. The van der Waals surface area contributed by atoms with E-state index in [1.165, 1.54) is 0 Å². The minimum Gasteiger partial charge on any atom is -0.378 e. The van der Waals surface area contributed by atoms with Crippen LogP contribution in [-0.4, -0.2) is 47.6 Å². The van der Waals surface area contributed by atoms with Crippen LogP contribution in [0.2, 0.25) is 0 Å². The first-order valence-corrected chi connectivity index (χ1v) is 4.73. The van der Waals surface area contributed by atoms with Crippen molar-refractivity contribution in [2.45, 2.75) is 5.25 Å². The number of halogens is 2. The summed E-state index contributed by atoms with van der Waals surface area (Å²) in [7, 11) is 0. The van der Waals surface area contributed by atoms with Gasteiger partial charge in [0.05, 0.1) is 13.2 Å². The molecule has 15 heavy (non-hydrogen) atoms. The van der Waals surface area contributed by atoms with E-state index in [0.717, 1.165) is 4.90 Å². The third-order valence-electron chi connectivity index (χ3n) is 1.72. The van der Waals surface area contributed by atoms with Gasteiger partial charge in [-0.05, 0) is 0 Å². The van der Waals surface area contributed by atoms with Gasteiger partial charge in [0, 0.05) is 13.1 Å². The first-order valence-electron chi connectivity index (χ1n) is 3.99. The molecule has 0 radical (unpaired) electrons. The van der Waals surface area contributed by atoms with Crippen LogP contribution >= 0.6 is 12.0 Å². The molecule has 0 bridgehead atoms. The van der Waals surface area contributed by atoms with E-state index in [1.807, 2.05) is 0 Å². The van der Waals surface area contributed by atoms with Crippen LogP contribution in [0.1, 0.15) is 0 Å². The van der Waals surface area contributed by atoms with E-state index in [9.17, 15) is 13.6 Å². The van der Waals surface area contributed by atoms with Gasteiger partial charge in [0.15, 0.2) is 0 Å². The van der Waals surface area contributed by atoms with Gasteiger partial charge in [0.2, 0.25) is 0 Å². The summed E-state index contributed by atoms with van der Waals surface area (Å²) in [5.41, 5.74) is 0. The fraction of sp³-hybridized carbons (Fsp3) is 0.833. The number of rotatable bonds is 4. The molecule has 0 aromatic carbocycles. The van der Waals surface area contributed by atoms with Crippen LogP contribution in [0.5, 0.6) is 0 Å². The monoisotopic (exact) mass is 245 g/mol. The number of hydrogen-bond acceptors (Lipinski definition) is 6. The quantitative estimate of drug-likeness (QED) is 0.442. The van der Waals surface area contributed by atoms with Gasteiger partial charge in [0.25, 0.3) is 0 Å². The Balaban J connectivity index is 2.48. The number of alkyl halides is 2. The van der Waals surface area contributed by atoms with Crippen molar-refractivity contribution >= 4 is 17.9 Å². The van der Waals surface area contributed by atoms with E-state index < -0.39 is 23.2 Å². The molecule has 1 rings (SSSR count). The maximum absolute atomic E-state index is 13.0. The molecule has 1 heterocycles. The third-order valence-corrected chi connectivity index (χ3v) is 2.23. The molecule has 0 spiro atoms. The Morgan fingerprint density at radius 1 is 1.47 bits per heavy atom. The number of hydrogen-bond donors (Lipinski definition) is 1. The van der Waals surface area contributed by atoms with Crippen LogP contribution < -0.4 is 0 Å². The molecule has 0 unspecified atom stereocenters. The normalized spacial score (nSPS) is 17.9. The molecule has 0 aliphatic carbocycles. The minimum absolute atomic E-state index is 0.106. The summed E-state index contributed by atoms with van der Waals surface area (Å²) in [5, 5.41) is 6.91. The highest BCUT2D eigenvalue weighted by molar-refractivity contribution is 7.96. The van der Waals surface area contributed by atoms with Crippen molar-refractivity contribution in [2.24, 2.45) is 0 Å². The molecule has 9 heteroatoms. The largest absolute Gasteiger partial charge is 0.397 e. The zero-order valence-corrected chi connectivity index (χ0v) is 8.34. The topological polar surface area (TPSA) is 68.2 Å². The van der Waals surface area contributed by atoms with Crippen LogP contribution in [0.3, 0.4) is 0 Å². The molecule has 1 saturated heterocycles. The molecule has 1 aliphatic heterocycles. The Morgan fingerprint density at radius 3 is 2.60 bits per heavy atom. The van der Waals surface area contributed by atoms with Gasteiger partial charge < -0.3 is 9.64 Å². The lowest BCUT2D eigenvalue weighted by Crippen LogP contribution is -2.47. The molecular weight excluding hydrogens is 236 g/mol. The Bertz CT molecular complexity index is 224. The first kappa shape index (κ1) is 12.6. The van der Waals surface area contributed by atoms with E-state index >= 15 is 0 Å². The molecule has 0 aromatic rings. The predicted molar refractivity (Wildman–Crippen MR) is 44.7 cm³/mol. The Hall–Kier alpha value is -0.480. The van der Waals surface area contributed by atoms with Crippen molar-refractivity contribution < 1.29 is 32.9 Å². The molecule has 1 aliphatic rings. The Labute approximate surface area is 88.1 Å². The number of ether oxygens (including phenoxy) is 1. The molecule has 0 aromatic heterocycles. The molecule has 0 saturated carbocycles. The van der Waals surface area contributed by atoms with Gasteiger partial charge in [-0.25, -0.2) is 5.26 Å². The second-order valence-corrected chi connectivity index (χ2v) is 3.46. The van der Waals surface area contributed by atoms with Gasteiger partial charge in [-0.1, -0.05) is 5.04 Å². The summed E-state index contributed by atoms with van der Waals surface area (Å²) in [4.78, 5) is 12.2. The number of morpholine rings is 1. The SMILES string of the molecule is O=C(N1CCOCC1)C(F)(F)SOOO. The summed E-state index contributed by atoms with van der Waals surface area (Å²) < 4.78 is 34.5. The molecule has 1 N–H and O–H groups in total. The standard InChI is InChI=1S/C6H9F2NO5S/c7-6(8,15-14-13-11)5(10)9-1-3-12-4-2-9/h11H,1-4H2. The van der Waals surface area contributed by atoms with Crippen LogP contribution in [0, 0.1) is 0 Å². The fourth-order valence-electron chi connectivity index (χ4n) is 1.04. The summed E-state index contributed by atoms with van der Waals surface area (Å²) >= 11 is -0.557. The minimum atomic E-state index is -3.79. The number of amides is 1. The lowest BCUT2D eigenvalue weighted by atomic mass is 10.4. The molecule has 0 atom stereocenters. The first-order chi connectivity index (χ1) is 7.08.